The van der Waals surface area contributed by atoms with Gasteiger partial charge in [-0.25, -0.2) is 0 Å². The summed E-state index contributed by atoms with van der Waals surface area (Å²) in [5.41, 5.74) is 1.54. The van der Waals surface area contributed by atoms with Crippen LogP contribution in [-0.2, 0) is 4.79 Å². The van der Waals surface area contributed by atoms with E-state index in [9.17, 15) is 14.9 Å². The van der Waals surface area contributed by atoms with Crippen LogP contribution >= 0.6 is 0 Å². The fourth-order valence-corrected chi connectivity index (χ4v) is 2.79. The van der Waals surface area contributed by atoms with E-state index in [1.807, 2.05) is 6.92 Å². The number of nitro benzene ring substituents is 1. The van der Waals surface area contributed by atoms with Gasteiger partial charge in [0.15, 0.2) is 0 Å². The summed E-state index contributed by atoms with van der Waals surface area (Å²) in [6.45, 7) is 1.99. The van der Waals surface area contributed by atoms with Crippen LogP contribution in [0.4, 0.5) is 11.4 Å². The molecule has 2 rings (SSSR count). The zero-order valence-electron chi connectivity index (χ0n) is 12.9. The molecule has 1 fully saturated rings. The maximum atomic E-state index is 12.0. The number of amides is 1. The molecular weight excluding hydrogens is 282 g/mol. The Morgan fingerprint density at radius 2 is 1.95 bits per heavy atom. The molecule has 0 aromatic heterocycles. The molecule has 1 aromatic rings. The zero-order valence-corrected chi connectivity index (χ0v) is 12.9. The summed E-state index contributed by atoms with van der Waals surface area (Å²) < 4.78 is 0. The number of anilines is 1. The van der Waals surface area contributed by atoms with Gasteiger partial charge in [-0.1, -0.05) is 31.7 Å². The van der Waals surface area contributed by atoms with Gasteiger partial charge in [-0.05, 0) is 25.3 Å². The Hall–Kier alpha value is -2.11. The molecule has 1 aliphatic carbocycles. The molecule has 0 heterocycles. The summed E-state index contributed by atoms with van der Waals surface area (Å²) in [5.74, 6) is -0.0576. The van der Waals surface area contributed by atoms with Crippen LogP contribution in [0, 0.1) is 17.0 Å². The number of non-ortho nitro benzene ring substituents is 1. The van der Waals surface area contributed by atoms with Crippen LogP contribution in [0.3, 0.4) is 0 Å². The number of rotatable bonds is 5. The topological polar surface area (TPSA) is 84.3 Å². The van der Waals surface area contributed by atoms with Crippen LogP contribution in [0.1, 0.15) is 44.1 Å². The standard InChI is InChI=1S/C16H23N3O3/c1-12-8-9-14(19(21)22)10-15(12)17-11-16(20)18-13-6-4-2-3-5-7-13/h8-10,13,17H,2-7,11H2,1H3,(H,18,20). The molecule has 0 bridgehead atoms. The van der Waals surface area contributed by atoms with Crippen LogP contribution in [0.5, 0.6) is 0 Å². The monoisotopic (exact) mass is 305 g/mol. The summed E-state index contributed by atoms with van der Waals surface area (Å²) in [5, 5.41) is 16.8. The Balaban J connectivity index is 1.87. The van der Waals surface area contributed by atoms with Gasteiger partial charge in [0.2, 0.25) is 5.91 Å². The molecule has 6 heteroatoms. The highest BCUT2D eigenvalue weighted by molar-refractivity contribution is 5.81. The molecule has 0 aliphatic heterocycles. The Morgan fingerprint density at radius 1 is 1.27 bits per heavy atom. The van der Waals surface area contributed by atoms with Crippen molar-refractivity contribution in [3.05, 3.63) is 33.9 Å². The predicted molar refractivity (Wildman–Crippen MR) is 86.0 cm³/mol. The van der Waals surface area contributed by atoms with Crippen molar-refractivity contribution in [3.63, 3.8) is 0 Å². The average molecular weight is 305 g/mol. The van der Waals surface area contributed by atoms with Crippen molar-refractivity contribution in [2.75, 3.05) is 11.9 Å². The van der Waals surface area contributed by atoms with Gasteiger partial charge in [0.25, 0.3) is 5.69 Å². The molecular formula is C16H23N3O3. The van der Waals surface area contributed by atoms with Gasteiger partial charge >= 0.3 is 0 Å². The van der Waals surface area contributed by atoms with Gasteiger partial charge in [-0.15, -0.1) is 0 Å². The number of nitrogens with one attached hydrogen (secondary N) is 2. The van der Waals surface area contributed by atoms with Crippen molar-refractivity contribution in [2.45, 2.75) is 51.5 Å². The smallest absolute Gasteiger partial charge is 0.271 e. The first-order valence-corrected chi connectivity index (χ1v) is 7.84. The first-order valence-electron chi connectivity index (χ1n) is 7.84. The van der Waals surface area contributed by atoms with Crippen LogP contribution in [0.25, 0.3) is 0 Å². The van der Waals surface area contributed by atoms with Crippen LogP contribution in [0.15, 0.2) is 18.2 Å². The summed E-state index contributed by atoms with van der Waals surface area (Å²) in [6, 6.07) is 4.88. The van der Waals surface area contributed by atoms with E-state index >= 15 is 0 Å². The van der Waals surface area contributed by atoms with Gasteiger partial charge in [-0.2, -0.15) is 0 Å². The summed E-state index contributed by atoms with van der Waals surface area (Å²) in [7, 11) is 0. The highest BCUT2D eigenvalue weighted by atomic mass is 16.6. The molecule has 120 valence electrons. The number of benzene rings is 1. The third-order valence-electron chi connectivity index (χ3n) is 4.09. The molecule has 0 radical (unpaired) electrons. The minimum absolute atomic E-state index is 0.0253. The van der Waals surface area contributed by atoms with Gasteiger partial charge in [0, 0.05) is 23.9 Å². The molecule has 0 saturated heterocycles. The molecule has 6 nitrogen and oxygen atoms in total. The van der Waals surface area contributed by atoms with Gasteiger partial charge in [0.05, 0.1) is 11.5 Å². The van der Waals surface area contributed by atoms with Gasteiger partial charge < -0.3 is 10.6 Å². The normalized spacial score (nSPS) is 15.9. The van der Waals surface area contributed by atoms with Gasteiger partial charge in [-0.3, -0.25) is 14.9 Å². The Labute approximate surface area is 130 Å². The lowest BCUT2D eigenvalue weighted by molar-refractivity contribution is -0.384. The first kappa shape index (κ1) is 16.3. The minimum Gasteiger partial charge on any atom is -0.376 e. The van der Waals surface area contributed by atoms with E-state index in [0.29, 0.717) is 5.69 Å². The molecule has 2 N–H and O–H groups in total. The summed E-state index contributed by atoms with van der Waals surface area (Å²) >= 11 is 0. The SMILES string of the molecule is Cc1ccc([N+](=O)[O-])cc1NCC(=O)NC1CCCCCC1. The molecule has 22 heavy (non-hydrogen) atoms. The minimum atomic E-state index is -0.434. The number of carbonyl (C=O) groups excluding carboxylic acids is 1. The molecule has 1 amide bonds. The maximum Gasteiger partial charge on any atom is 0.271 e. The number of hydrogen-bond donors (Lipinski definition) is 2. The highest BCUT2D eigenvalue weighted by Crippen LogP contribution is 2.21. The second-order valence-electron chi connectivity index (χ2n) is 5.87. The lowest BCUT2D eigenvalue weighted by atomic mass is 10.1. The lowest BCUT2D eigenvalue weighted by Gasteiger charge is -2.17. The van der Waals surface area contributed by atoms with Crippen molar-refractivity contribution in [1.29, 1.82) is 0 Å². The first-order chi connectivity index (χ1) is 10.6. The fourth-order valence-electron chi connectivity index (χ4n) is 2.79. The number of nitrogens with zero attached hydrogens (tertiary/aromatic N) is 1. The number of carbonyl (C=O) groups is 1. The molecule has 1 aliphatic rings. The predicted octanol–water partition coefficient (Wildman–Crippen LogP) is 3.15. The Kier molecular flexibility index (Phi) is 5.75. The largest absolute Gasteiger partial charge is 0.376 e. The van der Waals surface area contributed by atoms with Gasteiger partial charge in [0.1, 0.15) is 0 Å². The van der Waals surface area contributed by atoms with Crippen molar-refractivity contribution in [2.24, 2.45) is 0 Å². The maximum absolute atomic E-state index is 12.0. The third-order valence-corrected chi connectivity index (χ3v) is 4.09. The van der Waals surface area contributed by atoms with Crippen LogP contribution < -0.4 is 10.6 Å². The van der Waals surface area contributed by atoms with Crippen molar-refractivity contribution in [1.82, 2.24) is 5.32 Å². The highest BCUT2D eigenvalue weighted by Gasteiger charge is 2.15. The summed E-state index contributed by atoms with van der Waals surface area (Å²) in [4.78, 5) is 22.4. The van der Waals surface area contributed by atoms with E-state index in [2.05, 4.69) is 10.6 Å². The quantitative estimate of drug-likeness (QED) is 0.497. The van der Waals surface area contributed by atoms with Crippen molar-refractivity contribution >= 4 is 17.3 Å². The van der Waals surface area contributed by atoms with E-state index in [4.69, 9.17) is 0 Å². The molecule has 1 saturated carbocycles. The fraction of sp³-hybridized carbons (Fsp3) is 0.562. The molecule has 0 atom stereocenters. The lowest BCUT2D eigenvalue weighted by Crippen LogP contribution is -2.38. The number of aryl methyl sites for hydroxylation is 1. The van der Waals surface area contributed by atoms with E-state index in [1.54, 1.807) is 6.07 Å². The van der Waals surface area contributed by atoms with E-state index in [0.717, 1.165) is 18.4 Å². The van der Waals surface area contributed by atoms with Crippen LogP contribution in [-0.4, -0.2) is 23.4 Å². The molecule has 0 spiro atoms. The second kappa shape index (κ2) is 7.77. The van der Waals surface area contributed by atoms with E-state index in [-0.39, 0.29) is 24.2 Å². The summed E-state index contributed by atoms with van der Waals surface area (Å²) in [6.07, 6.45) is 6.92. The van der Waals surface area contributed by atoms with E-state index in [1.165, 1.54) is 37.8 Å². The molecule has 1 aromatic carbocycles. The van der Waals surface area contributed by atoms with Crippen molar-refractivity contribution < 1.29 is 9.72 Å². The van der Waals surface area contributed by atoms with Crippen molar-refractivity contribution in [3.8, 4) is 0 Å². The Morgan fingerprint density at radius 3 is 2.59 bits per heavy atom. The third kappa shape index (κ3) is 4.72. The Bertz CT molecular complexity index is 537. The second-order valence-corrected chi connectivity index (χ2v) is 5.87. The number of hydrogen-bond acceptors (Lipinski definition) is 4. The average Bonchev–Trinajstić information content (AvgIpc) is 2.74. The molecule has 0 unspecified atom stereocenters. The zero-order chi connectivity index (χ0) is 15.9. The van der Waals surface area contributed by atoms with E-state index < -0.39 is 4.92 Å². The van der Waals surface area contributed by atoms with Crippen LogP contribution in [0.2, 0.25) is 0 Å². The number of nitro groups is 1.